The highest BCUT2D eigenvalue weighted by Crippen LogP contribution is 2.32. The zero-order valence-electron chi connectivity index (χ0n) is 12.6. The van der Waals surface area contributed by atoms with Crippen LogP contribution in [0.3, 0.4) is 0 Å². The maximum absolute atomic E-state index is 10.5. The van der Waals surface area contributed by atoms with Gasteiger partial charge in [0.15, 0.2) is 0 Å². The third-order valence-corrected chi connectivity index (χ3v) is 2.68. The Bertz CT molecular complexity index is 698. The van der Waals surface area contributed by atoms with Crippen LogP contribution in [0, 0.1) is 37.3 Å². The standard InChI is InChI=1S/C7H5N3O6.C4H8N2O3/c1-4-6(9(13)14)2-5(8(11)12)3-7(4)10(15)16;5-2(4(8)9)1-3(6)7/h2-3H,1H3;2H,1,5H2,(H2,6,7)(H,8,9). The lowest BCUT2D eigenvalue weighted by molar-refractivity contribution is -0.403. The number of nitrogens with two attached hydrogens (primary N) is 2. The monoisotopic (exact) mass is 359 g/mol. The third-order valence-electron chi connectivity index (χ3n) is 2.68. The average molecular weight is 359 g/mol. The number of hydrogen-bond acceptors (Lipinski definition) is 9. The SMILES string of the molecule is Cc1c([N+](=O)[O-])cc([N+](=O)[O-])cc1[N+](=O)[O-].NC(=O)CC(N)C(=O)O. The molecular weight excluding hydrogens is 346 g/mol. The molecule has 0 aliphatic rings. The second-order valence-electron chi connectivity index (χ2n) is 4.50. The van der Waals surface area contributed by atoms with Gasteiger partial charge in [-0.1, -0.05) is 0 Å². The molecule has 0 aliphatic carbocycles. The van der Waals surface area contributed by atoms with Crippen molar-refractivity contribution < 1.29 is 29.5 Å². The van der Waals surface area contributed by atoms with E-state index in [0.29, 0.717) is 12.1 Å². The molecule has 0 bridgehead atoms. The molecule has 1 rings (SSSR count). The molecule has 0 fully saturated rings. The number of benzene rings is 1. The highest BCUT2D eigenvalue weighted by molar-refractivity contribution is 5.83. The lowest BCUT2D eigenvalue weighted by atomic mass is 10.1. The lowest BCUT2D eigenvalue weighted by Crippen LogP contribution is -2.34. The van der Waals surface area contributed by atoms with Crippen LogP contribution in [0.2, 0.25) is 0 Å². The van der Waals surface area contributed by atoms with Crippen molar-refractivity contribution in [2.75, 3.05) is 0 Å². The van der Waals surface area contributed by atoms with Crippen molar-refractivity contribution >= 4 is 28.9 Å². The maximum atomic E-state index is 10.5. The van der Waals surface area contributed by atoms with E-state index in [4.69, 9.17) is 10.8 Å². The van der Waals surface area contributed by atoms with Crippen molar-refractivity contribution in [3.63, 3.8) is 0 Å². The molecule has 0 aromatic heterocycles. The van der Waals surface area contributed by atoms with Gasteiger partial charge in [-0.15, -0.1) is 0 Å². The summed E-state index contributed by atoms with van der Waals surface area (Å²) in [5, 5.41) is 39.6. The number of carbonyl (C=O) groups is 2. The molecule has 0 saturated carbocycles. The van der Waals surface area contributed by atoms with Crippen molar-refractivity contribution in [2.24, 2.45) is 11.5 Å². The van der Waals surface area contributed by atoms with E-state index in [-0.39, 0.29) is 12.0 Å². The van der Waals surface area contributed by atoms with Crippen LogP contribution in [0.25, 0.3) is 0 Å². The van der Waals surface area contributed by atoms with E-state index >= 15 is 0 Å². The first-order valence-electron chi connectivity index (χ1n) is 6.23. The predicted octanol–water partition coefficient (Wildman–Crippen LogP) is -0.00668. The van der Waals surface area contributed by atoms with E-state index in [1.807, 2.05) is 0 Å². The Morgan fingerprint density at radius 2 is 1.48 bits per heavy atom. The highest BCUT2D eigenvalue weighted by atomic mass is 16.6. The quantitative estimate of drug-likeness (QED) is 0.453. The van der Waals surface area contributed by atoms with Crippen LogP contribution >= 0.6 is 0 Å². The number of rotatable bonds is 6. The van der Waals surface area contributed by atoms with E-state index in [2.05, 4.69) is 5.73 Å². The Balaban J connectivity index is 0.000000547. The number of nitro groups is 3. The molecule has 5 N–H and O–H groups in total. The Morgan fingerprint density at radius 1 is 1.08 bits per heavy atom. The Hall–Kier alpha value is -3.68. The number of carbonyl (C=O) groups excluding carboxylic acids is 1. The van der Waals surface area contributed by atoms with Crippen molar-refractivity contribution in [1.82, 2.24) is 0 Å². The predicted molar refractivity (Wildman–Crippen MR) is 80.6 cm³/mol. The zero-order valence-corrected chi connectivity index (χ0v) is 12.6. The molecule has 0 spiro atoms. The molecule has 14 heteroatoms. The van der Waals surface area contributed by atoms with Gasteiger partial charge < -0.3 is 16.6 Å². The number of carboxylic acid groups (broad SMARTS) is 1. The zero-order chi connectivity index (χ0) is 19.9. The van der Waals surface area contributed by atoms with Gasteiger partial charge in [-0.2, -0.15) is 0 Å². The third kappa shape index (κ3) is 6.53. The normalized spacial score (nSPS) is 10.8. The fourth-order valence-electron chi connectivity index (χ4n) is 1.46. The van der Waals surface area contributed by atoms with E-state index in [1.54, 1.807) is 0 Å². The first-order chi connectivity index (χ1) is 11.4. The molecule has 136 valence electrons. The summed E-state index contributed by atoms with van der Waals surface area (Å²) >= 11 is 0. The largest absolute Gasteiger partial charge is 0.480 e. The number of primary amides is 1. The topological polar surface area (TPSA) is 236 Å². The Kier molecular flexibility index (Phi) is 7.52. The Labute approximate surface area is 138 Å². The molecule has 14 nitrogen and oxygen atoms in total. The van der Waals surface area contributed by atoms with Gasteiger partial charge in [0, 0.05) is 0 Å². The molecule has 1 unspecified atom stereocenters. The molecule has 0 heterocycles. The van der Waals surface area contributed by atoms with Gasteiger partial charge in [0.05, 0.1) is 33.3 Å². The number of amides is 1. The molecule has 0 radical (unpaired) electrons. The number of non-ortho nitro benzene ring substituents is 1. The summed E-state index contributed by atoms with van der Waals surface area (Å²) in [7, 11) is 0. The first-order valence-corrected chi connectivity index (χ1v) is 6.23. The number of nitro benzene ring substituents is 3. The molecule has 1 amide bonds. The van der Waals surface area contributed by atoms with Gasteiger partial charge in [-0.05, 0) is 6.92 Å². The van der Waals surface area contributed by atoms with Gasteiger partial charge in [-0.25, -0.2) is 0 Å². The summed E-state index contributed by atoms with van der Waals surface area (Å²) in [6, 6.07) is 0.229. The van der Waals surface area contributed by atoms with Crippen LogP contribution < -0.4 is 11.5 Å². The van der Waals surface area contributed by atoms with Gasteiger partial charge in [-0.3, -0.25) is 39.9 Å². The molecule has 1 atom stereocenters. The highest BCUT2D eigenvalue weighted by Gasteiger charge is 2.27. The summed E-state index contributed by atoms with van der Waals surface area (Å²) in [5.74, 6) is -1.92. The summed E-state index contributed by atoms with van der Waals surface area (Å²) in [6.45, 7) is 1.17. The number of aliphatic carboxylic acids is 1. The first kappa shape index (κ1) is 21.3. The van der Waals surface area contributed by atoms with Gasteiger partial charge in [0.25, 0.3) is 17.1 Å². The fourth-order valence-corrected chi connectivity index (χ4v) is 1.46. The summed E-state index contributed by atoms with van der Waals surface area (Å²) < 4.78 is 0. The van der Waals surface area contributed by atoms with Gasteiger partial charge >= 0.3 is 5.97 Å². The molecule has 1 aromatic rings. The number of carboxylic acids is 1. The average Bonchev–Trinajstić information content (AvgIpc) is 2.46. The van der Waals surface area contributed by atoms with E-state index < -0.39 is 49.8 Å². The van der Waals surface area contributed by atoms with E-state index in [0.717, 1.165) is 0 Å². The van der Waals surface area contributed by atoms with Crippen LogP contribution in [0.15, 0.2) is 12.1 Å². The Morgan fingerprint density at radius 3 is 1.68 bits per heavy atom. The smallest absolute Gasteiger partial charge is 0.321 e. The molecule has 0 aliphatic heterocycles. The summed E-state index contributed by atoms with van der Waals surface area (Å²) in [5.41, 5.74) is 7.41. The van der Waals surface area contributed by atoms with Gasteiger partial charge in [0.1, 0.15) is 11.6 Å². The molecule has 25 heavy (non-hydrogen) atoms. The number of nitrogens with zero attached hydrogens (tertiary/aromatic N) is 3. The second kappa shape index (κ2) is 8.82. The minimum Gasteiger partial charge on any atom is -0.480 e. The number of hydrogen-bond donors (Lipinski definition) is 3. The van der Waals surface area contributed by atoms with Crippen LogP contribution in [-0.2, 0) is 9.59 Å². The maximum Gasteiger partial charge on any atom is 0.321 e. The van der Waals surface area contributed by atoms with Crippen molar-refractivity contribution in [1.29, 1.82) is 0 Å². The summed E-state index contributed by atoms with van der Waals surface area (Å²) in [6.07, 6.45) is -0.310. The van der Waals surface area contributed by atoms with Crippen LogP contribution in [0.4, 0.5) is 17.1 Å². The minimum absolute atomic E-state index is 0.208. The van der Waals surface area contributed by atoms with Crippen molar-refractivity contribution in [2.45, 2.75) is 19.4 Å². The molecule has 0 saturated heterocycles. The summed E-state index contributed by atoms with van der Waals surface area (Å²) in [4.78, 5) is 48.7. The van der Waals surface area contributed by atoms with Crippen LogP contribution in [0.1, 0.15) is 12.0 Å². The molecule has 1 aromatic carbocycles. The van der Waals surface area contributed by atoms with Crippen molar-refractivity contribution in [3.8, 4) is 0 Å². The minimum atomic E-state index is -1.21. The second-order valence-corrected chi connectivity index (χ2v) is 4.50. The van der Waals surface area contributed by atoms with E-state index in [1.165, 1.54) is 6.92 Å². The van der Waals surface area contributed by atoms with Crippen molar-refractivity contribution in [3.05, 3.63) is 48.0 Å². The fraction of sp³-hybridized carbons (Fsp3) is 0.273. The molecular formula is C11H13N5O9. The van der Waals surface area contributed by atoms with Gasteiger partial charge in [0.2, 0.25) is 5.91 Å². The lowest BCUT2D eigenvalue weighted by Gasteiger charge is -1.99. The van der Waals surface area contributed by atoms with E-state index in [9.17, 15) is 39.9 Å². The van der Waals surface area contributed by atoms with Crippen LogP contribution in [0.5, 0.6) is 0 Å². The van der Waals surface area contributed by atoms with Crippen LogP contribution in [-0.4, -0.2) is 37.8 Å².